The number of carbonyl (C=O) groups is 2. The summed E-state index contributed by atoms with van der Waals surface area (Å²) in [6.07, 6.45) is 7.79. The molecule has 3 aliphatic carbocycles. The molecule has 3 heteroatoms. The highest BCUT2D eigenvalue weighted by Crippen LogP contribution is 2.62. The van der Waals surface area contributed by atoms with E-state index in [4.69, 9.17) is 4.74 Å². The molecule has 3 aliphatic rings. The molecule has 0 N–H and O–H groups in total. The van der Waals surface area contributed by atoms with Crippen molar-refractivity contribution in [1.29, 1.82) is 0 Å². The summed E-state index contributed by atoms with van der Waals surface area (Å²) in [6.45, 7) is 1.62. The van der Waals surface area contributed by atoms with E-state index >= 15 is 0 Å². The minimum absolute atomic E-state index is 0.194. The maximum absolute atomic E-state index is 11.8. The number of aldehydes is 1. The molecular formula is C14H20O3. The van der Waals surface area contributed by atoms with E-state index in [2.05, 4.69) is 0 Å². The third kappa shape index (κ3) is 1.54. The Morgan fingerprint density at radius 2 is 2.24 bits per heavy atom. The molecule has 0 aromatic heterocycles. The molecule has 3 saturated carbocycles. The summed E-state index contributed by atoms with van der Waals surface area (Å²) in [5.74, 6) is 1.24. The Labute approximate surface area is 102 Å². The number of hydrogen-bond donors (Lipinski definition) is 0. The fourth-order valence-electron chi connectivity index (χ4n) is 4.50. The zero-order valence-corrected chi connectivity index (χ0v) is 10.4. The van der Waals surface area contributed by atoms with E-state index in [0.717, 1.165) is 24.7 Å². The highest BCUT2D eigenvalue weighted by atomic mass is 16.6. The topological polar surface area (TPSA) is 43.4 Å². The molecule has 0 radical (unpaired) electrons. The highest BCUT2D eigenvalue weighted by molar-refractivity contribution is 5.87. The molecule has 2 bridgehead atoms. The average molecular weight is 236 g/mol. The van der Waals surface area contributed by atoms with Crippen molar-refractivity contribution in [2.24, 2.45) is 23.7 Å². The van der Waals surface area contributed by atoms with Crippen LogP contribution in [-0.2, 0) is 14.3 Å². The van der Waals surface area contributed by atoms with E-state index in [0.29, 0.717) is 12.2 Å². The van der Waals surface area contributed by atoms with Gasteiger partial charge < -0.3 is 9.53 Å². The van der Waals surface area contributed by atoms with Gasteiger partial charge in [-0.2, -0.15) is 0 Å². The Hall–Kier alpha value is -0.860. The molecular weight excluding hydrogens is 216 g/mol. The summed E-state index contributed by atoms with van der Waals surface area (Å²) >= 11 is 0. The molecule has 17 heavy (non-hydrogen) atoms. The van der Waals surface area contributed by atoms with E-state index in [-0.39, 0.29) is 11.6 Å². The summed E-state index contributed by atoms with van der Waals surface area (Å²) in [5, 5.41) is 0. The van der Waals surface area contributed by atoms with Crippen molar-refractivity contribution in [3.05, 3.63) is 0 Å². The van der Waals surface area contributed by atoms with Gasteiger partial charge in [-0.3, -0.25) is 4.79 Å². The van der Waals surface area contributed by atoms with Crippen LogP contribution in [0.3, 0.4) is 0 Å². The van der Waals surface area contributed by atoms with E-state index < -0.39 is 5.92 Å². The van der Waals surface area contributed by atoms with Crippen LogP contribution in [0.25, 0.3) is 0 Å². The zero-order valence-electron chi connectivity index (χ0n) is 10.4. The van der Waals surface area contributed by atoms with E-state index in [9.17, 15) is 9.59 Å². The maximum atomic E-state index is 11.8. The second-order valence-corrected chi connectivity index (χ2v) is 6.11. The summed E-state index contributed by atoms with van der Waals surface area (Å²) in [6, 6.07) is 0. The van der Waals surface area contributed by atoms with Gasteiger partial charge in [0, 0.05) is 5.92 Å². The molecule has 0 amide bonds. The van der Waals surface area contributed by atoms with Crippen molar-refractivity contribution in [3.63, 3.8) is 0 Å². The van der Waals surface area contributed by atoms with Gasteiger partial charge in [0.15, 0.2) is 0 Å². The Morgan fingerprint density at radius 3 is 3.00 bits per heavy atom. The summed E-state index contributed by atoms with van der Waals surface area (Å²) in [7, 11) is 0. The molecule has 0 aromatic rings. The van der Waals surface area contributed by atoms with Gasteiger partial charge in [0.2, 0.25) is 0 Å². The summed E-state index contributed by atoms with van der Waals surface area (Å²) < 4.78 is 5.79. The van der Waals surface area contributed by atoms with E-state index in [1.54, 1.807) is 6.92 Å². The van der Waals surface area contributed by atoms with E-state index in [1.807, 2.05) is 0 Å². The molecule has 0 heterocycles. The van der Waals surface area contributed by atoms with Gasteiger partial charge in [0.1, 0.15) is 17.8 Å². The minimum Gasteiger partial charge on any atom is -0.458 e. The number of hydrogen-bond acceptors (Lipinski definition) is 3. The zero-order chi connectivity index (χ0) is 12.0. The van der Waals surface area contributed by atoms with Crippen LogP contribution in [0.2, 0.25) is 0 Å². The van der Waals surface area contributed by atoms with Gasteiger partial charge >= 0.3 is 5.97 Å². The van der Waals surface area contributed by atoms with Crippen LogP contribution in [0, 0.1) is 23.7 Å². The predicted octanol–water partition coefficient (Wildman–Crippen LogP) is 2.33. The van der Waals surface area contributed by atoms with E-state index in [1.165, 1.54) is 25.7 Å². The lowest BCUT2D eigenvalue weighted by molar-refractivity contribution is -0.169. The lowest BCUT2D eigenvalue weighted by atomic mass is 9.79. The van der Waals surface area contributed by atoms with Gasteiger partial charge in [-0.05, 0) is 50.9 Å². The van der Waals surface area contributed by atoms with Crippen LogP contribution in [0.15, 0.2) is 0 Å². The van der Waals surface area contributed by atoms with Crippen molar-refractivity contribution in [1.82, 2.24) is 0 Å². The van der Waals surface area contributed by atoms with Crippen LogP contribution < -0.4 is 0 Å². The molecule has 3 fully saturated rings. The summed E-state index contributed by atoms with van der Waals surface area (Å²) in [5.41, 5.74) is -0.194. The van der Waals surface area contributed by atoms with Gasteiger partial charge in [0.25, 0.3) is 0 Å². The molecule has 5 atom stereocenters. The van der Waals surface area contributed by atoms with Crippen molar-refractivity contribution in [3.8, 4) is 0 Å². The Morgan fingerprint density at radius 1 is 1.41 bits per heavy atom. The molecule has 5 unspecified atom stereocenters. The maximum Gasteiger partial charge on any atom is 0.316 e. The summed E-state index contributed by atoms with van der Waals surface area (Å²) in [4.78, 5) is 22.5. The monoisotopic (exact) mass is 236 g/mol. The van der Waals surface area contributed by atoms with Crippen LogP contribution in [-0.4, -0.2) is 17.9 Å². The molecule has 0 aromatic carbocycles. The lowest BCUT2D eigenvalue weighted by Crippen LogP contribution is -2.40. The van der Waals surface area contributed by atoms with Gasteiger partial charge in [-0.15, -0.1) is 0 Å². The second-order valence-electron chi connectivity index (χ2n) is 6.11. The lowest BCUT2D eigenvalue weighted by Gasteiger charge is -2.35. The molecule has 0 saturated heterocycles. The van der Waals surface area contributed by atoms with Crippen molar-refractivity contribution in [2.75, 3.05) is 0 Å². The van der Waals surface area contributed by atoms with Crippen LogP contribution >= 0.6 is 0 Å². The number of carbonyl (C=O) groups excluding carboxylic acids is 2. The van der Waals surface area contributed by atoms with Crippen LogP contribution in [0.5, 0.6) is 0 Å². The third-order valence-electron chi connectivity index (χ3n) is 5.28. The fraction of sp³-hybridized carbons (Fsp3) is 0.857. The number of esters is 1. The normalized spacial score (nSPS) is 44.4. The number of fused-ring (bicyclic) bond motifs is 5. The third-order valence-corrected chi connectivity index (χ3v) is 5.28. The number of rotatable bonds is 3. The molecule has 3 rings (SSSR count). The first kappa shape index (κ1) is 11.2. The Balaban J connectivity index is 1.77. The molecule has 3 nitrogen and oxygen atoms in total. The van der Waals surface area contributed by atoms with Crippen LogP contribution in [0.4, 0.5) is 0 Å². The van der Waals surface area contributed by atoms with Crippen molar-refractivity contribution < 1.29 is 14.3 Å². The van der Waals surface area contributed by atoms with Crippen molar-refractivity contribution in [2.45, 2.75) is 51.0 Å². The first-order valence-corrected chi connectivity index (χ1v) is 6.84. The van der Waals surface area contributed by atoms with Gasteiger partial charge in [-0.1, -0.05) is 6.42 Å². The largest absolute Gasteiger partial charge is 0.458 e. The minimum atomic E-state index is -0.608. The standard InChI is InChI=1S/C14H20O3/c1-9(8-15)13(16)17-14-6-5-10(7-14)11-3-2-4-12(11)14/h8-12H,2-7H2,1H3. The SMILES string of the molecule is CC(C=O)C(=O)OC12CCC(C1)C1CCCC12. The second kappa shape index (κ2) is 3.82. The highest BCUT2D eigenvalue weighted by Gasteiger charge is 2.61. The predicted molar refractivity (Wildman–Crippen MR) is 62.2 cm³/mol. The number of ether oxygens (including phenoxy) is 1. The Kier molecular flexibility index (Phi) is 2.53. The molecule has 94 valence electrons. The molecule has 0 spiro atoms. The first-order valence-electron chi connectivity index (χ1n) is 6.84. The first-order chi connectivity index (χ1) is 8.16. The fourth-order valence-corrected chi connectivity index (χ4v) is 4.50. The quantitative estimate of drug-likeness (QED) is 0.429. The Bertz CT molecular complexity index is 351. The molecule has 0 aliphatic heterocycles. The average Bonchev–Trinajstić information content (AvgIpc) is 2.98. The van der Waals surface area contributed by atoms with Gasteiger partial charge in [0.05, 0.1) is 0 Å². The van der Waals surface area contributed by atoms with Gasteiger partial charge in [-0.25, -0.2) is 0 Å². The van der Waals surface area contributed by atoms with Crippen LogP contribution in [0.1, 0.15) is 45.4 Å². The van der Waals surface area contributed by atoms with Crippen molar-refractivity contribution >= 4 is 12.3 Å². The smallest absolute Gasteiger partial charge is 0.316 e.